The molecule has 5 nitrogen and oxygen atoms in total. The van der Waals surface area contributed by atoms with Gasteiger partial charge < -0.3 is 10.0 Å². The van der Waals surface area contributed by atoms with Crippen molar-refractivity contribution in [2.24, 2.45) is 0 Å². The zero-order chi connectivity index (χ0) is 17.9. The van der Waals surface area contributed by atoms with Crippen LogP contribution in [0.25, 0.3) is 0 Å². The van der Waals surface area contributed by atoms with Crippen molar-refractivity contribution in [3.8, 4) is 0 Å². The van der Waals surface area contributed by atoms with Gasteiger partial charge in [0.1, 0.15) is 0 Å². The summed E-state index contributed by atoms with van der Waals surface area (Å²) < 4.78 is 14.0. The molecule has 1 aliphatic heterocycles. The fraction of sp³-hybridized carbons (Fsp3) is 0.667. The smallest absolute Gasteiger partial charge is 0.257 e. The van der Waals surface area contributed by atoms with E-state index >= 15 is 0 Å². The molecular formula is C18H28FN3O2. The minimum atomic E-state index is -0.783. The molecule has 1 aromatic heterocycles. The standard InChI is InChI=1S/C18H28FN3O2/c1-5-13-11-22(17(23)15-7-8-20-9-16(15)19)14(6-2)10-21(13)12-18(3,4)24/h7-9,13-14,24H,5-6,10-12H2,1-4H3/t13-,14-/m1/s1. The summed E-state index contributed by atoms with van der Waals surface area (Å²) in [5, 5.41) is 10.2. The number of amides is 1. The van der Waals surface area contributed by atoms with E-state index in [0.717, 1.165) is 19.0 Å². The summed E-state index contributed by atoms with van der Waals surface area (Å²) in [5.41, 5.74) is -0.705. The minimum absolute atomic E-state index is 0.00946. The number of β-amino-alcohol motifs (C(OH)–C–C–N with tert-alkyl or cyclic N) is 1. The lowest BCUT2D eigenvalue weighted by Crippen LogP contribution is -2.61. The second kappa shape index (κ2) is 7.57. The van der Waals surface area contributed by atoms with Gasteiger partial charge in [-0.15, -0.1) is 0 Å². The summed E-state index contributed by atoms with van der Waals surface area (Å²) in [5.74, 6) is -0.854. The highest BCUT2D eigenvalue weighted by atomic mass is 19.1. The molecule has 0 bridgehead atoms. The first-order valence-corrected chi connectivity index (χ1v) is 8.63. The highest BCUT2D eigenvalue weighted by molar-refractivity contribution is 5.94. The number of aliphatic hydroxyl groups is 1. The lowest BCUT2D eigenvalue weighted by atomic mass is 9.98. The van der Waals surface area contributed by atoms with Crippen molar-refractivity contribution in [2.45, 2.75) is 58.2 Å². The lowest BCUT2D eigenvalue weighted by Gasteiger charge is -2.47. The normalized spacial score (nSPS) is 22.7. The van der Waals surface area contributed by atoms with Gasteiger partial charge in [0.15, 0.2) is 5.82 Å². The van der Waals surface area contributed by atoms with Crippen LogP contribution in [0.2, 0.25) is 0 Å². The van der Waals surface area contributed by atoms with Crippen molar-refractivity contribution in [1.82, 2.24) is 14.8 Å². The molecule has 1 N–H and O–H groups in total. The van der Waals surface area contributed by atoms with Crippen LogP contribution in [-0.2, 0) is 0 Å². The Balaban J connectivity index is 2.22. The van der Waals surface area contributed by atoms with Crippen molar-refractivity contribution in [2.75, 3.05) is 19.6 Å². The van der Waals surface area contributed by atoms with Crippen LogP contribution in [-0.4, -0.2) is 63.1 Å². The summed E-state index contributed by atoms with van der Waals surface area (Å²) >= 11 is 0. The van der Waals surface area contributed by atoms with E-state index in [0.29, 0.717) is 19.6 Å². The molecule has 2 atom stereocenters. The Morgan fingerprint density at radius 2 is 2.00 bits per heavy atom. The van der Waals surface area contributed by atoms with E-state index < -0.39 is 11.4 Å². The molecule has 6 heteroatoms. The van der Waals surface area contributed by atoms with E-state index in [2.05, 4.69) is 16.8 Å². The van der Waals surface area contributed by atoms with Crippen molar-refractivity contribution in [3.05, 3.63) is 29.8 Å². The number of hydrogen-bond donors (Lipinski definition) is 1. The van der Waals surface area contributed by atoms with Gasteiger partial charge in [-0.05, 0) is 32.8 Å². The number of carbonyl (C=O) groups excluding carboxylic acids is 1. The van der Waals surface area contributed by atoms with Gasteiger partial charge in [-0.2, -0.15) is 0 Å². The average molecular weight is 337 g/mol. The van der Waals surface area contributed by atoms with E-state index in [-0.39, 0.29) is 23.6 Å². The fourth-order valence-corrected chi connectivity index (χ4v) is 3.39. The second-order valence-corrected chi connectivity index (χ2v) is 7.18. The van der Waals surface area contributed by atoms with Crippen LogP contribution in [0.15, 0.2) is 18.5 Å². The number of rotatable bonds is 5. The zero-order valence-corrected chi connectivity index (χ0v) is 15.0. The summed E-state index contributed by atoms with van der Waals surface area (Å²) in [6, 6.07) is 1.61. The molecule has 0 saturated carbocycles. The molecule has 24 heavy (non-hydrogen) atoms. The van der Waals surface area contributed by atoms with Gasteiger partial charge in [-0.3, -0.25) is 14.7 Å². The molecule has 0 radical (unpaired) electrons. The van der Waals surface area contributed by atoms with Gasteiger partial charge in [0, 0.05) is 37.9 Å². The zero-order valence-electron chi connectivity index (χ0n) is 15.0. The van der Waals surface area contributed by atoms with Gasteiger partial charge in [0.05, 0.1) is 17.4 Å². The van der Waals surface area contributed by atoms with Gasteiger partial charge in [0.25, 0.3) is 5.91 Å². The number of nitrogens with zero attached hydrogens (tertiary/aromatic N) is 3. The van der Waals surface area contributed by atoms with E-state index in [1.165, 1.54) is 12.3 Å². The third kappa shape index (κ3) is 4.30. The van der Waals surface area contributed by atoms with Crippen LogP contribution in [0.3, 0.4) is 0 Å². The van der Waals surface area contributed by atoms with E-state index in [4.69, 9.17) is 0 Å². The Hall–Kier alpha value is -1.53. The lowest BCUT2D eigenvalue weighted by molar-refractivity contribution is -0.0238. The summed E-state index contributed by atoms with van der Waals surface area (Å²) in [7, 11) is 0. The Kier molecular flexibility index (Phi) is 5.93. The SMILES string of the molecule is CC[C@@H]1CN(C(=O)c2ccncc2F)[C@H](CC)CN1CC(C)(C)O. The average Bonchev–Trinajstić information content (AvgIpc) is 2.52. The summed E-state index contributed by atoms with van der Waals surface area (Å²) in [6.07, 6.45) is 4.18. The van der Waals surface area contributed by atoms with Crippen LogP contribution >= 0.6 is 0 Å². The van der Waals surface area contributed by atoms with Crippen LogP contribution in [0.4, 0.5) is 4.39 Å². The number of aromatic nitrogens is 1. The van der Waals surface area contributed by atoms with Crippen LogP contribution < -0.4 is 0 Å². The van der Waals surface area contributed by atoms with Gasteiger partial charge in [-0.1, -0.05) is 13.8 Å². The Labute approximate surface area is 143 Å². The summed E-state index contributed by atoms with van der Waals surface area (Å²) in [6.45, 7) is 9.50. The number of halogens is 1. The molecule has 1 fully saturated rings. The van der Waals surface area contributed by atoms with Gasteiger partial charge >= 0.3 is 0 Å². The Morgan fingerprint density at radius 1 is 1.33 bits per heavy atom. The first kappa shape index (κ1) is 18.8. The molecule has 1 amide bonds. The molecule has 0 aromatic carbocycles. The van der Waals surface area contributed by atoms with Crippen molar-refractivity contribution < 1.29 is 14.3 Å². The molecule has 1 saturated heterocycles. The number of hydrogen-bond acceptors (Lipinski definition) is 4. The number of pyridine rings is 1. The molecule has 134 valence electrons. The van der Waals surface area contributed by atoms with Crippen molar-refractivity contribution in [1.29, 1.82) is 0 Å². The first-order valence-electron chi connectivity index (χ1n) is 8.63. The van der Waals surface area contributed by atoms with Gasteiger partial charge in [-0.25, -0.2) is 4.39 Å². The minimum Gasteiger partial charge on any atom is -0.389 e. The Bertz CT molecular complexity index is 574. The number of piperazine rings is 1. The maximum Gasteiger partial charge on any atom is 0.257 e. The number of carbonyl (C=O) groups is 1. The third-order valence-electron chi connectivity index (χ3n) is 4.61. The van der Waals surface area contributed by atoms with Crippen LogP contribution in [0, 0.1) is 5.82 Å². The second-order valence-electron chi connectivity index (χ2n) is 7.18. The van der Waals surface area contributed by atoms with Crippen LogP contribution in [0.1, 0.15) is 50.9 Å². The van der Waals surface area contributed by atoms with Crippen molar-refractivity contribution >= 4 is 5.91 Å². The largest absolute Gasteiger partial charge is 0.389 e. The monoisotopic (exact) mass is 337 g/mol. The predicted octanol–water partition coefficient (Wildman–Crippen LogP) is 2.31. The maximum atomic E-state index is 14.0. The van der Waals surface area contributed by atoms with Crippen LogP contribution in [0.5, 0.6) is 0 Å². The Morgan fingerprint density at radius 3 is 2.54 bits per heavy atom. The van der Waals surface area contributed by atoms with E-state index in [9.17, 15) is 14.3 Å². The molecule has 0 spiro atoms. The van der Waals surface area contributed by atoms with E-state index in [1.807, 2.05) is 6.92 Å². The first-order chi connectivity index (χ1) is 11.3. The highest BCUT2D eigenvalue weighted by Crippen LogP contribution is 2.24. The molecule has 1 aliphatic rings. The molecule has 2 heterocycles. The molecule has 2 rings (SSSR count). The third-order valence-corrected chi connectivity index (χ3v) is 4.61. The highest BCUT2D eigenvalue weighted by Gasteiger charge is 2.37. The van der Waals surface area contributed by atoms with Gasteiger partial charge in [0.2, 0.25) is 0 Å². The molecule has 0 unspecified atom stereocenters. The summed E-state index contributed by atoms with van der Waals surface area (Å²) in [4.78, 5) is 20.6. The quantitative estimate of drug-likeness (QED) is 0.896. The van der Waals surface area contributed by atoms with E-state index in [1.54, 1.807) is 18.7 Å². The molecule has 1 aromatic rings. The maximum absolute atomic E-state index is 14.0. The fourth-order valence-electron chi connectivity index (χ4n) is 3.39. The predicted molar refractivity (Wildman–Crippen MR) is 91.3 cm³/mol. The molecular weight excluding hydrogens is 309 g/mol. The molecule has 0 aliphatic carbocycles. The topological polar surface area (TPSA) is 56.7 Å². The van der Waals surface area contributed by atoms with Crippen molar-refractivity contribution in [3.63, 3.8) is 0 Å².